The van der Waals surface area contributed by atoms with Crippen LogP contribution in [0.4, 0.5) is 5.69 Å². The average Bonchev–Trinajstić information content (AvgIpc) is 2.46. The molecule has 1 saturated heterocycles. The molecule has 6 heteroatoms. The van der Waals surface area contributed by atoms with E-state index in [0.29, 0.717) is 13.1 Å². The number of anilines is 1. The summed E-state index contributed by atoms with van der Waals surface area (Å²) >= 11 is 6.01. The minimum absolute atomic E-state index is 0. The summed E-state index contributed by atoms with van der Waals surface area (Å²) < 4.78 is 0. The molecule has 2 rings (SSSR count). The highest BCUT2D eigenvalue weighted by Gasteiger charge is 2.26. The van der Waals surface area contributed by atoms with Gasteiger partial charge in [0.15, 0.2) is 0 Å². The Kier molecular flexibility index (Phi) is 6.78. The van der Waals surface area contributed by atoms with E-state index in [9.17, 15) is 4.79 Å². The van der Waals surface area contributed by atoms with Crippen molar-refractivity contribution in [3.8, 4) is 0 Å². The normalized spacial score (nSPS) is 16.6. The first-order chi connectivity index (χ1) is 9.49. The molecule has 1 aromatic carbocycles. The van der Waals surface area contributed by atoms with Crippen LogP contribution in [0.1, 0.15) is 13.8 Å². The quantitative estimate of drug-likeness (QED) is 0.925. The van der Waals surface area contributed by atoms with E-state index in [2.05, 4.69) is 4.90 Å². The van der Waals surface area contributed by atoms with Gasteiger partial charge in [-0.15, -0.1) is 12.4 Å². The summed E-state index contributed by atoms with van der Waals surface area (Å²) in [6, 6.07) is 7.42. The van der Waals surface area contributed by atoms with Crippen LogP contribution in [0, 0.1) is 5.92 Å². The number of benzene rings is 1. The van der Waals surface area contributed by atoms with Crippen molar-refractivity contribution in [2.24, 2.45) is 11.7 Å². The van der Waals surface area contributed by atoms with Gasteiger partial charge < -0.3 is 15.5 Å². The van der Waals surface area contributed by atoms with Gasteiger partial charge in [-0.3, -0.25) is 4.79 Å². The fourth-order valence-corrected chi connectivity index (χ4v) is 2.54. The first-order valence-electron chi connectivity index (χ1n) is 7.04. The van der Waals surface area contributed by atoms with E-state index < -0.39 is 6.04 Å². The Hall–Kier alpha value is -0.970. The molecule has 0 aliphatic carbocycles. The van der Waals surface area contributed by atoms with E-state index in [-0.39, 0.29) is 24.2 Å². The van der Waals surface area contributed by atoms with Crippen molar-refractivity contribution in [3.05, 3.63) is 29.3 Å². The van der Waals surface area contributed by atoms with E-state index in [1.54, 1.807) is 0 Å². The van der Waals surface area contributed by atoms with Crippen molar-refractivity contribution >= 4 is 35.6 Å². The zero-order valence-corrected chi connectivity index (χ0v) is 14.0. The van der Waals surface area contributed by atoms with Crippen LogP contribution >= 0.6 is 24.0 Å². The minimum Gasteiger partial charge on any atom is -0.368 e. The van der Waals surface area contributed by atoms with E-state index in [1.807, 2.05) is 43.0 Å². The van der Waals surface area contributed by atoms with Gasteiger partial charge in [0.05, 0.1) is 6.04 Å². The number of carbonyl (C=O) groups excluding carboxylic acids is 1. The molecule has 0 saturated carbocycles. The van der Waals surface area contributed by atoms with Crippen LogP contribution in [-0.4, -0.2) is 43.0 Å². The topological polar surface area (TPSA) is 49.6 Å². The standard InChI is InChI=1S/C15H22ClN3O.ClH/c1-11(2)14(17)15(20)19-8-6-18(7-9-19)13-5-3-4-12(16)10-13;/h3-5,10-11,14H,6-9,17H2,1-2H3;1H. The van der Waals surface area contributed by atoms with Gasteiger partial charge in [-0.2, -0.15) is 0 Å². The van der Waals surface area contributed by atoms with E-state index >= 15 is 0 Å². The molecule has 0 radical (unpaired) electrons. The molecule has 118 valence electrons. The highest BCUT2D eigenvalue weighted by molar-refractivity contribution is 6.30. The number of nitrogens with two attached hydrogens (primary N) is 1. The monoisotopic (exact) mass is 331 g/mol. The number of halogens is 2. The maximum Gasteiger partial charge on any atom is 0.239 e. The van der Waals surface area contributed by atoms with Gasteiger partial charge in [-0.25, -0.2) is 0 Å². The fraction of sp³-hybridized carbons (Fsp3) is 0.533. The smallest absolute Gasteiger partial charge is 0.239 e. The highest BCUT2D eigenvalue weighted by Crippen LogP contribution is 2.21. The first kappa shape index (κ1) is 18.1. The Labute approximate surface area is 137 Å². The second-order valence-electron chi connectivity index (χ2n) is 5.56. The molecule has 1 atom stereocenters. The van der Waals surface area contributed by atoms with Gasteiger partial charge in [0.25, 0.3) is 0 Å². The predicted molar refractivity (Wildman–Crippen MR) is 90.3 cm³/mol. The summed E-state index contributed by atoms with van der Waals surface area (Å²) in [5.74, 6) is 0.235. The number of hydrogen-bond donors (Lipinski definition) is 1. The molecule has 1 fully saturated rings. The minimum atomic E-state index is -0.396. The number of carbonyl (C=O) groups is 1. The fourth-order valence-electron chi connectivity index (χ4n) is 2.35. The predicted octanol–water partition coefficient (Wildman–Crippen LogP) is 2.39. The lowest BCUT2D eigenvalue weighted by Crippen LogP contribution is -2.54. The molecule has 0 bridgehead atoms. The summed E-state index contributed by atoms with van der Waals surface area (Å²) in [6.07, 6.45) is 0. The average molecular weight is 332 g/mol. The zero-order chi connectivity index (χ0) is 14.7. The molecule has 0 aromatic heterocycles. The summed E-state index contributed by atoms with van der Waals surface area (Å²) in [6.45, 7) is 7.01. The van der Waals surface area contributed by atoms with Crippen LogP contribution in [-0.2, 0) is 4.79 Å². The Bertz CT molecular complexity index is 474. The van der Waals surface area contributed by atoms with Gasteiger partial charge >= 0.3 is 0 Å². The number of hydrogen-bond acceptors (Lipinski definition) is 3. The number of piperazine rings is 1. The zero-order valence-electron chi connectivity index (χ0n) is 12.5. The Morgan fingerprint density at radius 2 is 1.86 bits per heavy atom. The van der Waals surface area contributed by atoms with E-state index in [1.165, 1.54) is 0 Å². The molecule has 1 aliphatic heterocycles. The lowest BCUT2D eigenvalue weighted by Gasteiger charge is -2.37. The third-order valence-electron chi connectivity index (χ3n) is 3.77. The Morgan fingerprint density at radius 3 is 2.38 bits per heavy atom. The summed E-state index contributed by atoms with van der Waals surface area (Å²) in [4.78, 5) is 16.3. The molecule has 0 spiro atoms. The summed E-state index contributed by atoms with van der Waals surface area (Å²) in [7, 11) is 0. The maximum atomic E-state index is 12.2. The van der Waals surface area contributed by atoms with E-state index in [4.69, 9.17) is 17.3 Å². The first-order valence-corrected chi connectivity index (χ1v) is 7.41. The van der Waals surface area contributed by atoms with Crippen molar-refractivity contribution in [2.75, 3.05) is 31.1 Å². The lowest BCUT2D eigenvalue weighted by molar-refractivity contribution is -0.133. The van der Waals surface area contributed by atoms with Gasteiger partial charge in [-0.1, -0.05) is 31.5 Å². The number of nitrogens with zero attached hydrogens (tertiary/aromatic N) is 2. The molecule has 1 aromatic rings. The largest absolute Gasteiger partial charge is 0.368 e. The Morgan fingerprint density at radius 1 is 1.24 bits per heavy atom. The van der Waals surface area contributed by atoms with Gasteiger partial charge in [-0.05, 0) is 24.1 Å². The third-order valence-corrected chi connectivity index (χ3v) is 4.00. The molecular formula is C15H23Cl2N3O. The van der Waals surface area contributed by atoms with Gasteiger partial charge in [0.1, 0.15) is 0 Å². The van der Waals surface area contributed by atoms with Crippen molar-refractivity contribution in [3.63, 3.8) is 0 Å². The molecule has 1 heterocycles. The number of amides is 1. The third kappa shape index (κ3) is 4.50. The SMILES string of the molecule is CC(C)C(N)C(=O)N1CCN(c2cccc(Cl)c2)CC1.Cl. The summed E-state index contributed by atoms with van der Waals surface area (Å²) in [5, 5.41) is 0.739. The van der Waals surface area contributed by atoms with Crippen LogP contribution < -0.4 is 10.6 Å². The van der Waals surface area contributed by atoms with E-state index in [0.717, 1.165) is 23.8 Å². The van der Waals surface area contributed by atoms with Crippen LogP contribution in [0.25, 0.3) is 0 Å². The molecule has 21 heavy (non-hydrogen) atoms. The summed E-state index contributed by atoms with van der Waals surface area (Å²) in [5.41, 5.74) is 7.04. The molecular weight excluding hydrogens is 309 g/mol. The van der Waals surface area contributed by atoms with Crippen LogP contribution in [0.2, 0.25) is 5.02 Å². The molecule has 1 unspecified atom stereocenters. The van der Waals surface area contributed by atoms with Gasteiger partial charge in [0, 0.05) is 36.9 Å². The van der Waals surface area contributed by atoms with Crippen LogP contribution in [0.15, 0.2) is 24.3 Å². The molecule has 2 N–H and O–H groups in total. The lowest BCUT2D eigenvalue weighted by atomic mass is 10.0. The molecule has 1 amide bonds. The van der Waals surface area contributed by atoms with Crippen molar-refractivity contribution in [1.82, 2.24) is 4.90 Å². The maximum absolute atomic E-state index is 12.2. The second-order valence-corrected chi connectivity index (χ2v) is 6.00. The number of rotatable bonds is 3. The van der Waals surface area contributed by atoms with Crippen LogP contribution in [0.3, 0.4) is 0 Å². The highest BCUT2D eigenvalue weighted by atomic mass is 35.5. The molecule has 4 nitrogen and oxygen atoms in total. The van der Waals surface area contributed by atoms with Gasteiger partial charge in [0.2, 0.25) is 5.91 Å². The van der Waals surface area contributed by atoms with Crippen LogP contribution in [0.5, 0.6) is 0 Å². The molecule has 1 aliphatic rings. The van der Waals surface area contributed by atoms with Crippen molar-refractivity contribution < 1.29 is 4.79 Å². The van der Waals surface area contributed by atoms with Crippen molar-refractivity contribution in [2.45, 2.75) is 19.9 Å². The second kappa shape index (κ2) is 7.87. The van der Waals surface area contributed by atoms with Crippen molar-refractivity contribution in [1.29, 1.82) is 0 Å². The Balaban J connectivity index is 0.00000220.